The first-order valence-corrected chi connectivity index (χ1v) is 14.3. The summed E-state index contributed by atoms with van der Waals surface area (Å²) in [5.41, 5.74) is -1.78. The summed E-state index contributed by atoms with van der Waals surface area (Å²) in [5, 5.41) is 17.5. The minimum Gasteiger partial charge on any atom is -0.437 e. The third-order valence-electron chi connectivity index (χ3n) is 6.39. The molecule has 0 radical (unpaired) electrons. The van der Waals surface area contributed by atoms with Crippen molar-refractivity contribution in [1.82, 2.24) is 25.1 Å². The van der Waals surface area contributed by atoms with Crippen molar-refractivity contribution in [1.29, 1.82) is 0 Å². The average molecular weight is 582 g/mol. The van der Waals surface area contributed by atoms with E-state index in [0.29, 0.717) is 18.5 Å². The zero-order chi connectivity index (χ0) is 29.6. The molecule has 216 valence electrons. The third kappa shape index (κ3) is 6.28. The van der Waals surface area contributed by atoms with Crippen molar-refractivity contribution in [2.75, 3.05) is 6.26 Å². The van der Waals surface area contributed by atoms with Gasteiger partial charge in [-0.2, -0.15) is 18.3 Å². The molecule has 1 aliphatic rings. The number of alkyl halides is 3. The highest BCUT2D eigenvalue weighted by molar-refractivity contribution is 7.90. The lowest BCUT2D eigenvalue weighted by atomic mass is 10.0. The number of ether oxygens (including phenoxy) is 1. The Morgan fingerprint density at radius 1 is 1.20 bits per heavy atom. The molecule has 40 heavy (non-hydrogen) atoms. The molecule has 10 nitrogen and oxygen atoms in total. The van der Waals surface area contributed by atoms with E-state index in [-0.39, 0.29) is 40.1 Å². The molecule has 4 rings (SSSR count). The van der Waals surface area contributed by atoms with Crippen LogP contribution in [0.2, 0.25) is 0 Å². The lowest BCUT2D eigenvalue weighted by Gasteiger charge is -2.24. The van der Waals surface area contributed by atoms with E-state index in [2.05, 4.69) is 20.4 Å². The second kappa shape index (κ2) is 10.5. The summed E-state index contributed by atoms with van der Waals surface area (Å²) in [6.07, 6.45) is -0.766. The number of aliphatic hydroxyl groups excluding tert-OH is 1. The zero-order valence-electron chi connectivity index (χ0n) is 22.6. The lowest BCUT2D eigenvalue weighted by Crippen LogP contribution is -2.27. The second-order valence-electron chi connectivity index (χ2n) is 10.8. The molecule has 0 aromatic carbocycles. The molecule has 1 atom stereocenters. The van der Waals surface area contributed by atoms with Crippen molar-refractivity contribution < 1.29 is 36.2 Å². The zero-order valence-corrected chi connectivity index (χ0v) is 23.4. The van der Waals surface area contributed by atoms with Crippen molar-refractivity contribution >= 4 is 15.7 Å². The van der Waals surface area contributed by atoms with Gasteiger partial charge in [0.15, 0.2) is 21.3 Å². The Labute approximate surface area is 229 Å². The maximum atomic E-state index is 14.2. The fourth-order valence-electron chi connectivity index (χ4n) is 4.09. The molecular weight excluding hydrogens is 551 g/mol. The minimum atomic E-state index is -4.84. The van der Waals surface area contributed by atoms with Crippen LogP contribution in [0.3, 0.4) is 0 Å². The van der Waals surface area contributed by atoms with E-state index >= 15 is 0 Å². The van der Waals surface area contributed by atoms with E-state index in [1.807, 2.05) is 0 Å². The fourth-order valence-corrected chi connectivity index (χ4v) is 4.65. The van der Waals surface area contributed by atoms with Crippen LogP contribution in [-0.4, -0.2) is 45.4 Å². The molecule has 0 bridgehead atoms. The fraction of sp³-hybridized carbons (Fsp3) is 0.462. The van der Waals surface area contributed by atoms with Gasteiger partial charge >= 0.3 is 6.18 Å². The minimum absolute atomic E-state index is 0.0329. The van der Waals surface area contributed by atoms with E-state index < -0.39 is 44.9 Å². The van der Waals surface area contributed by atoms with E-state index in [1.165, 1.54) is 29.9 Å². The van der Waals surface area contributed by atoms with Crippen LogP contribution in [0.15, 0.2) is 35.6 Å². The molecular formula is C26H30F3N5O5S. The SMILES string of the molecule is Cc1c(C(=O)NCc2ccc(S(C)(=O)=O)cn2)nn(C(C)(C)C)c1Oc1cncc(C(O)C2CC2)c1C(F)(F)F. The van der Waals surface area contributed by atoms with E-state index in [0.717, 1.165) is 18.6 Å². The van der Waals surface area contributed by atoms with Crippen LogP contribution >= 0.6 is 0 Å². The predicted molar refractivity (Wildman–Crippen MR) is 137 cm³/mol. The average Bonchev–Trinajstić information content (AvgIpc) is 3.65. The standard InChI is InChI=1S/C26H30F3N5O5S/c1-14-21(23(36)32-10-16-8-9-17(11-31-16)40(5,37)38)33-34(25(2,3)4)24(14)39-19-13-30-12-18(20(19)26(27,28)29)22(35)15-6-7-15/h8-9,11-13,15,22,35H,6-7,10H2,1-5H3,(H,32,36). The number of carbonyl (C=O) groups excluding carboxylic acids is 1. The van der Waals surface area contributed by atoms with Crippen molar-refractivity contribution in [2.24, 2.45) is 5.92 Å². The first kappa shape index (κ1) is 29.5. The van der Waals surface area contributed by atoms with E-state index in [1.54, 1.807) is 20.8 Å². The summed E-state index contributed by atoms with van der Waals surface area (Å²) in [6, 6.07) is 2.83. The maximum absolute atomic E-state index is 14.2. The Bertz CT molecular complexity index is 1530. The summed E-state index contributed by atoms with van der Waals surface area (Å²) >= 11 is 0. The molecule has 1 fully saturated rings. The molecule has 0 aliphatic heterocycles. The smallest absolute Gasteiger partial charge is 0.420 e. The molecule has 3 aromatic rings. The van der Waals surface area contributed by atoms with Crippen LogP contribution in [-0.2, 0) is 28.1 Å². The van der Waals surface area contributed by atoms with Crippen LogP contribution in [0.1, 0.15) is 72.6 Å². The van der Waals surface area contributed by atoms with Crippen LogP contribution < -0.4 is 10.1 Å². The topological polar surface area (TPSA) is 136 Å². The van der Waals surface area contributed by atoms with E-state index in [4.69, 9.17) is 4.74 Å². The number of rotatable bonds is 8. The molecule has 0 spiro atoms. The monoisotopic (exact) mass is 581 g/mol. The van der Waals surface area contributed by atoms with Gasteiger partial charge in [-0.15, -0.1) is 0 Å². The van der Waals surface area contributed by atoms with Gasteiger partial charge < -0.3 is 15.2 Å². The number of aliphatic hydroxyl groups is 1. The highest BCUT2D eigenvalue weighted by atomic mass is 32.2. The Morgan fingerprint density at radius 2 is 1.88 bits per heavy atom. The number of nitrogens with zero attached hydrogens (tertiary/aromatic N) is 4. The van der Waals surface area contributed by atoms with Crippen molar-refractivity contribution in [3.05, 3.63) is 58.8 Å². The highest BCUT2D eigenvalue weighted by Gasteiger charge is 2.43. The van der Waals surface area contributed by atoms with Gasteiger partial charge in [0.05, 0.1) is 35.0 Å². The van der Waals surface area contributed by atoms with Crippen LogP contribution in [0, 0.1) is 12.8 Å². The quantitative estimate of drug-likeness (QED) is 0.401. The van der Waals surface area contributed by atoms with Crippen LogP contribution in [0.4, 0.5) is 13.2 Å². The van der Waals surface area contributed by atoms with E-state index in [9.17, 15) is 31.5 Å². The number of aromatic nitrogens is 4. The Balaban J connectivity index is 1.66. The lowest BCUT2D eigenvalue weighted by molar-refractivity contribution is -0.140. The number of halogens is 3. The summed E-state index contributed by atoms with van der Waals surface area (Å²) in [5.74, 6) is -1.60. The van der Waals surface area contributed by atoms with Gasteiger partial charge in [0, 0.05) is 29.8 Å². The first-order valence-electron chi connectivity index (χ1n) is 12.4. The second-order valence-corrected chi connectivity index (χ2v) is 12.8. The van der Waals surface area contributed by atoms with Gasteiger partial charge in [-0.05, 0) is 58.6 Å². The largest absolute Gasteiger partial charge is 0.437 e. The normalized spacial score (nSPS) is 15.1. The van der Waals surface area contributed by atoms with Crippen LogP contribution in [0.5, 0.6) is 11.6 Å². The van der Waals surface area contributed by atoms with Crippen molar-refractivity contribution in [3.8, 4) is 11.6 Å². The third-order valence-corrected chi connectivity index (χ3v) is 7.49. The maximum Gasteiger partial charge on any atom is 0.420 e. The first-order chi connectivity index (χ1) is 18.5. The number of carbonyl (C=O) groups is 1. The summed E-state index contributed by atoms with van der Waals surface area (Å²) < 4.78 is 73.1. The predicted octanol–water partition coefficient (Wildman–Crippen LogP) is 4.32. The number of sulfone groups is 1. The van der Waals surface area contributed by atoms with Gasteiger partial charge in [-0.3, -0.25) is 14.8 Å². The molecule has 0 saturated heterocycles. The van der Waals surface area contributed by atoms with Crippen molar-refractivity contribution in [3.63, 3.8) is 0 Å². The molecule has 14 heteroatoms. The number of nitrogens with one attached hydrogen (secondary N) is 1. The Kier molecular flexibility index (Phi) is 7.71. The Morgan fingerprint density at radius 3 is 2.40 bits per heavy atom. The molecule has 2 N–H and O–H groups in total. The summed E-state index contributed by atoms with van der Waals surface area (Å²) in [4.78, 5) is 21.0. The summed E-state index contributed by atoms with van der Waals surface area (Å²) in [7, 11) is -3.43. The molecule has 1 saturated carbocycles. The van der Waals surface area contributed by atoms with Crippen LogP contribution in [0.25, 0.3) is 0 Å². The Hall–Kier alpha value is -3.52. The van der Waals surface area contributed by atoms with Gasteiger partial charge in [0.1, 0.15) is 5.56 Å². The number of hydrogen-bond donors (Lipinski definition) is 2. The summed E-state index contributed by atoms with van der Waals surface area (Å²) in [6.45, 7) is 6.69. The molecule has 3 heterocycles. The van der Waals surface area contributed by atoms with Crippen molar-refractivity contribution in [2.45, 2.75) is 69.8 Å². The van der Waals surface area contributed by atoms with Gasteiger partial charge in [-0.25, -0.2) is 13.1 Å². The number of hydrogen-bond acceptors (Lipinski definition) is 8. The number of amides is 1. The van der Waals surface area contributed by atoms with Gasteiger partial charge in [-0.1, -0.05) is 0 Å². The molecule has 1 amide bonds. The highest BCUT2D eigenvalue weighted by Crippen LogP contribution is 2.48. The number of pyridine rings is 2. The van der Waals surface area contributed by atoms with Gasteiger partial charge in [0.2, 0.25) is 5.88 Å². The molecule has 3 aromatic heterocycles. The molecule has 1 unspecified atom stereocenters. The molecule has 1 aliphatic carbocycles. The van der Waals surface area contributed by atoms with Gasteiger partial charge in [0.25, 0.3) is 5.91 Å².